The van der Waals surface area contributed by atoms with Crippen LogP contribution in [0.25, 0.3) is 0 Å². The van der Waals surface area contributed by atoms with E-state index in [2.05, 4.69) is 34.7 Å². The molecule has 1 aliphatic carbocycles. The zero-order valence-electron chi connectivity index (χ0n) is 26.3. The lowest BCUT2D eigenvalue weighted by atomic mass is 9.67. The van der Waals surface area contributed by atoms with Crippen LogP contribution in [0.4, 0.5) is 0 Å². The van der Waals surface area contributed by atoms with Gasteiger partial charge in [0.05, 0.1) is 20.1 Å². The molecule has 0 radical (unpaired) electrons. The Kier molecular flexibility index (Phi) is 20.6. The second kappa shape index (κ2) is 21.8. The predicted molar refractivity (Wildman–Crippen MR) is 165 cm³/mol. The van der Waals surface area contributed by atoms with Gasteiger partial charge in [0, 0.05) is 18.8 Å². The molecule has 2 atom stereocenters. The van der Waals surface area contributed by atoms with Gasteiger partial charge in [-0.15, -0.1) is 0 Å². The van der Waals surface area contributed by atoms with Crippen LogP contribution in [0.15, 0.2) is 0 Å². The smallest absolute Gasteiger partial charge is 0.102 e. The van der Waals surface area contributed by atoms with E-state index in [0.29, 0.717) is 5.54 Å². The summed E-state index contributed by atoms with van der Waals surface area (Å²) in [5.74, 6) is 0.978. The van der Waals surface area contributed by atoms with Crippen molar-refractivity contribution in [1.82, 2.24) is 0 Å². The molecular formula is C35H72N+. The maximum absolute atomic E-state index is 2.72. The Balaban J connectivity index is 2.51. The SMILES string of the molecule is CCCCCCCCCCCCCCCC[N+](C)(CCCC)C(CCC)(CCCC)C1CCCCC1. The van der Waals surface area contributed by atoms with Crippen LogP contribution in [0.5, 0.6) is 0 Å². The Hall–Kier alpha value is -0.0400. The Labute approximate surface area is 230 Å². The van der Waals surface area contributed by atoms with Crippen molar-refractivity contribution >= 4 is 0 Å². The van der Waals surface area contributed by atoms with Gasteiger partial charge in [-0.3, -0.25) is 0 Å². The third kappa shape index (κ3) is 12.7. The summed E-state index contributed by atoms with van der Waals surface area (Å²) in [7, 11) is 2.72. The topological polar surface area (TPSA) is 0 Å². The fraction of sp³-hybridized carbons (Fsp3) is 1.00. The first kappa shape index (κ1) is 34.0. The Bertz CT molecular complexity index is 467. The van der Waals surface area contributed by atoms with E-state index in [9.17, 15) is 0 Å². The van der Waals surface area contributed by atoms with Crippen LogP contribution in [0.1, 0.15) is 195 Å². The van der Waals surface area contributed by atoms with Gasteiger partial charge in [-0.2, -0.15) is 0 Å². The van der Waals surface area contributed by atoms with Crippen LogP contribution < -0.4 is 0 Å². The van der Waals surface area contributed by atoms with Gasteiger partial charge < -0.3 is 4.48 Å². The summed E-state index contributed by atoms with van der Waals surface area (Å²) in [4.78, 5) is 0. The lowest BCUT2D eigenvalue weighted by Gasteiger charge is -2.56. The highest BCUT2D eigenvalue weighted by Crippen LogP contribution is 2.46. The molecule has 0 spiro atoms. The monoisotopic (exact) mass is 507 g/mol. The van der Waals surface area contributed by atoms with Crippen molar-refractivity contribution in [3.8, 4) is 0 Å². The van der Waals surface area contributed by atoms with Crippen molar-refractivity contribution < 1.29 is 4.48 Å². The molecule has 36 heavy (non-hydrogen) atoms. The van der Waals surface area contributed by atoms with E-state index < -0.39 is 0 Å². The normalized spacial score (nSPS) is 18.2. The Morgan fingerprint density at radius 3 is 1.39 bits per heavy atom. The molecule has 1 saturated carbocycles. The van der Waals surface area contributed by atoms with E-state index in [1.165, 1.54) is 185 Å². The zero-order chi connectivity index (χ0) is 26.4. The van der Waals surface area contributed by atoms with Crippen LogP contribution in [0, 0.1) is 5.92 Å². The molecule has 1 fully saturated rings. The molecule has 1 rings (SSSR count). The molecule has 0 saturated heterocycles. The maximum Gasteiger partial charge on any atom is 0.102 e. The van der Waals surface area contributed by atoms with E-state index in [4.69, 9.17) is 0 Å². The van der Waals surface area contributed by atoms with Crippen LogP contribution in [0.3, 0.4) is 0 Å². The number of nitrogens with zero attached hydrogens (tertiary/aromatic N) is 1. The van der Waals surface area contributed by atoms with E-state index in [0.717, 1.165) is 5.92 Å². The molecule has 0 aromatic carbocycles. The highest BCUT2D eigenvalue weighted by atomic mass is 15.4. The minimum atomic E-state index is 0.552. The van der Waals surface area contributed by atoms with Crippen molar-refractivity contribution in [3.63, 3.8) is 0 Å². The first-order valence-electron chi connectivity index (χ1n) is 17.4. The maximum atomic E-state index is 2.72. The molecule has 0 aromatic heterocycles. The summed E-state index contributed by atoms with van der Waals surface area (Å²) in [5.41, 5.74) is 0.552. The van der Waals surface area contributed by atoms with Crippen LogP contribution in [0.2, 0.25) is 0 Å². The van der Waals surface area contributed by atoms with Crippen LogP contribution in [-0.2, 0) is 0 Å². The highest BCUT2D eigenvalue weighted by molar-refractivity contribution is 4.91. The summed E-state index contributed by atoms with van der Waals surface area (Å²) < 4.78 is 1.40. The number of quaternary nitrogens is 1. The van der Waals surface area contributed by atoms with Gasteiger partial charge >= 0.3 is 0 Å². The predicted octanol–water partition coefficient (Wildman–Crippen LogP) is 12.0. The molecular weight excluding hydrogens is 434 g/mol. The number of hydrogen-bond acceptors (Lipinski definition) is 0. The largest absolute Gasteiger partial charge is 0.321 e. The second-order valence-electron chi connectivity index (χ2n) is 13.1. The molecule has 0 amide bonds. The molecule has 216 valence electrons. The molecule has 0 N–H and O–H groups in total. The lowest BCUT2D eigenvalue weighted by Crippen LogP contribution is -2.66. The Morgan fingerprint density at radius 2 is 0.917 bits per heavy atom. The van der Waals surface area contributed by atoms with Gasteiger partial charge in [-0.25, -0.2) is 0 Å². The van der Waals surface area contributed by atoms with E-state index in [1.54, 1.807) is 0 Å². The molecule has 1 nitrogen and oxygen atoms in total. The van der Waals surface area contributed by atoms with Gasteiger partial charge in [0.2, 0.25) is 0 Å². The van der Waals surface area contributed by atoms with Crippen molar-refractivity contribution in [3.05, 3.63) is 0 Å². The summed E-state index contributed by atoms with van der Waals surface area (Å²) in [5, 5.41) is 0. The molecule has 0 bridgehead atoms. The number of hydrogen-bond donors (Lipinski definition) is 0. The van der Waals surface area contributed by atoms with E-state index in [1.807, 2.05) is 0 Å². The van der Waals surface area contributed by atoms with E-state index >= 15 is 0 Å². The van der Waals surface area contributed by atoms with Gasteiger partial charge in [-0.05, 0) is 38.5 Å². The van der Waals surface area contributed by atoms with Crippen molar-refractivity contribution in [1.29, 1.82) is 0 Å². The fourth-order valence-corrected chi connectivity index (χ4v) is 7.79. The number of rotatable bonds is 25. The lowest BCUT2D eigenvalue weighted by molar-refractivity contribution is -0.966. The van der Waals surface area contributed by atoms with Gasteiger partial charge in [0.15, 0.2) is 0 Å². The Morgan fingerprint density at radius 1 is 0.472 bits per heavy atom. The third-order valence-electron chi connectivity index (χ3n) is 10.1. The van der Waals surface area contributed by atoms with Crippen molar-refractivity contribution in [2.75, 3.05) is 20.1 Å². The van der Waals surface area contributed by atoms with Gasteiger partial charge in [0.25, 0.3) is 0 Å². The summed E-state index contributed by atoms with van der Waals surface area (Å²) in [6.45, 7) is 12.5. The highest BCUT2D eigenvalue weighted by Gasteiger charge is 2.51. The molecule has 0 heterocycles. The molecule has 1 aliphatic rings. The average Bonchev–Trinajstić information content (AvgIpc) is 2.90. The molecule has 0 aliphatic heterocycles. The van der Waals surface area contributed by atoms with Crippen LogP contribution >= 0.6 is 0 Å². The quantitative estimate of drug-likeness (QED) is 0.0852. The number of unbranched alkanes of at least 4 members (excludes halogenated alkanes) is 15. The first-order chi connectivity index (χ1) is 17.6. The minimum Gasteiger partial charge on any atom is -0.321 e. The average molecular weight is 507 g/mol. The zero-order valence-corrected chi connectivity index (χ0v) is 26.3. The fourth-order valence-electron chi connectivity index (χ4n) is 7.79. The first-order valence-corrected chi connectivity index (χ1v) is 17.4. The van der Waals surface area contributed by atoms with Crippen molar-refractivity contribution in [2.45, 2.75) is 200 Å². The minimum absolute atomic E-state index is 0.552. The van der Waals surface area contributed by atoms with Gasteiger partial charge in [0.1, 0.15) is 5.54 Å². The summed E-state index contributed by atoms with van der Waals surface area (Å²) >= 11 is 0. The van der Waals surface area contributed by atoms with Crippen LogP contribution in [-0.4, -0.2) is 30.2 Å². The molecule has 1 heteroatoms. The molecule has 2 unspecified atom stereocenters. The standard InChI is InChI=1S/C35H72N/c1-6-10-13-14-15-16-17-18-19-20-21-22-23-27-33-36(5,32-12-8-3)35(30-9-4,31-11-7-2)34-28-25-24-26-29-34/h34H,6-33H2,1-5H3/q+1. The van der Waals surface area contributed by atoms with E-state index in [-0.39, 0.29) is 0 Å². The summed E-state index contributed by atoms with van der Waals surface area (Å²) in [6, 6.07) is 0. The third-order valence-corrected chi connectivity index (χ3v) is 10.1. The van der Waals surface area contributed by atoms with Crippen molar-refractivity contribution in [2.24, 2.45) is 5.92 Å². The van der Waals surface area contributed by atoms with Gasteiger partial charge in [-0.1, -0.05) is 143 Å². The second-order valence-corrected chi connectivity index (χ2v) is 13.1. The summed E-state index contributed by atoms with van der Waals surface area (Å²) in [6.07, 6.45) is 38.0. The molecule has 0 aromatic rings.